The Labute approximate surface area is 75.2 Å². The predicted molar refractivity (Wildman–Crippen MR) is 49.4 cm³/mol. The van der Waals surface area contributed by atoms with Gasteiger partial charge >= 0.3 is 0 Å². The first-order chi connectivity index (χ1) is 5.16. The number of halogens is 1. The Hall–Kier alpha value is -0.350. The number of hydrogen-bond donors (Lipinski definition) is 2. The molecule has 0 fully saturated rings. The van der Waals surface area contributed by atoms with Crippen LogP contribution in [0, 0.1) is 0 Å². The normalized spacial score (nSPS) is 9.27. The Bertz CT molecular complexity index is 147. The van der Waals surface area contributed by atoms with Gasteiger partial charge in [-0.15, -0.1) is 0 Å². The third-order valence-corrected chi connectivity index (χ3v) is 1.37. The highest BCUT2D eigenvalue weighted by Gasteiger charge is 1.98. The summed E-state index contributed by atoms with van der Waals surface area (Å²) in [6.07, 6.45) is 1.23. The zero-order valence-electron chi connectivity index (χ0n) is 6.40. The largest absolute Gasteiger partial charge is 0.352 e. The van der Waals surface area contributed by atoms with Crippen molar-refractivity contribution in [3.63, 3.8) is 0 Å². The van der Waals surface area contributed by atoms with Crippen molar-refractivity contribution in [2.45, 2.75) is 12.8 Å². The van der Waals surface area contributed by atoms with Crippen molar-refractivity contribution in [2.75, 3.05) is 13.1 Å². The van der Waals surface area contributed by atoms with Crippen molar-refractivity contribution < 1.29 is 4.79 Å². The van der Waals surface area contributed by atoms with Crippen LogP contribution < -0.4 is 11.1 Å². The third-order valence-electron chi connectivity index (χ3n) is 1.09. The lowest BCUT2D eigenvalue weighted by molar-refractivity contribution is -0.120. The summed E-state index contributed by atoms with van der Waals surface area (Å²) < 4.78 is 0.776. The van der Waals surface area contributed by atoms with Crippen LogP contribution in [0.3, 0.4) is 0 Å². The minimum absolute atomic E-state index is 0.0241. The average molecular weight is 221 g/mol. The van der Waals surface area contributed by atoms with E-state index in [0.29, 0.717) is 19.5 Å². The zero-order valence-corrected chi connectivity index (χ0v) is 7.99. The van der Waals surface area contributed by atoms with Crippen LogP contribution in [0.15, 0.2) is 11.1 Å². The molecule has 0 unspecified atom stereocenters. The molecule has 11 heavy (non-hydrogen) atoms. The van der Waals surface area contributed by atoms with E-state index in [4.69, 9.17) is 5.73 Å². The van der Waals surface area contributed by atoms with Crippen LogP contribution in [0.5, 0.6) is 0 Å². The van der Waals surface area contributed by atoms with Crippen molar-refractivity contribution >= 4 is 21.8 Å². The van der Waals surface area contributed by atoms with Crippen molar-refractivity contribution in [1.82, 2.24) is 5.32 Å². The van der Waals surface area contributed by atoms with E-state index in [1.807, 2.05) is 0 Å². The molecule has 3 nitrogen and oxygen atoms in total. The van der Waals surface area contributed by atoms with Gasteiger partial charge in [-0.2, -0.15) is 0 Å². The number of nitrogens with two attached hydrogens (primary N) is 1. The molecule has 4 heteroatoms. The average Bonchev–Trinajstić information content (AvgIpc) is 1.97. The highest BCUT2D eigenvalue weighted by atomic mass is 79.9. The molecule has 0 bridgehead atoms. The van der Waals surface area contributed by atoms with Gasteiger partial charge in [-0.25, -0.2) is 0 Å². The maximum atomic E-state index is 10.9. The first-order valence-electron chi connectivity index (χ1n) is 3.47. The van der Waals surface area contributed by atoms with E-state index in [1.165, 1.54) is 0 Å². The van der Waals surface area contributed by atoms with E-state index in [2.05, 4.69) is 27.8 Å². The van der Waals surface area contributed by atoms with Gasteiger partial charge in [-0.3, -0.25) is 4.79 Å². The third kappa shape index (κ3) is 7.55. The summed E-state index contributed by atoms with van der Waals surface area (Å²) in [4.78, 5) is 10.9. The molecule has 0 aromatic rings. The van der Waals surface area contributed by atoms with E-state index in [0.717, 1.165) is 10.9 Å². The van der Waals surface area contributed by atoms with Crippen molar-refractivity contribution in [2.24, 2.45) is 5.73 Å². The smallest absolute Gasteiger partial charge is 0.220 e. The van der Waals surface area contributed by atoms with E-state index in [-0.39, 0.29) is 5.91 Å². The maximum absolute atomic E-state index is 10.9. The second kappa shape index (κ2) is 6.37. The Morgan fingerprint density at radius 2 is 2.27 bits per heavy atom. The Kier molecular flexibility index (Phi) is 6.16. The lowest BCUT2D eigenvalue weighted by Crippen LogP contribution is -2.24. The highest BCUT2D eigenvalue weighted by molar-refractivity contribution is 9.11. The standard InChI is InChI=1S/C7H13BrN2O/c1-6(8)5-10-7(11)3-2-4-9/h1-5,9H2,(H,10,11). The molecule has 0 aliphatic carbocycles. The van der Waals surface area contributed by atoms with Crippen molar-refractivity contribution in [1.29, 1.82) is 0 Å². The van der Waals surface area contributed by atoms with Crippen LogP contribution in [-0.2, 0) is 4.79 Å². The zero-order chi connectivity index (χ0) is 8.69. The molecular formula is C7H13BrN2O. The quantitative estimate of drug-likeness (QED) is 0.719. The van der Waals surface area contributed by atoms with Crippen LogP contribution in [0.1, 0.15) is 12.8 Å². The Morgan fingerprint density at radius 3 is 2.73 bits per heavy atom. The van der Waals surface area contributed by atoms with Gasteiger partial charge in [-0.05, 0) is 13.0 Å². The monoisotopic (exact) mass is 220 g/mol. The summed E-state index contributed by atoms with van der Waals surface area (Å²) in [5.41, 5.74) is 5.23. The van der Waals surface area contributed by atoms with Gasteiger partial charge in [0.15, 0.2) is 0 Å². The Morgan fingerprint density at radius 1 is 1.64 bits per heavy atom. The summed E-state index contributed by atoms with van der Waals surface area (Å²) >= 11 is 3.14. The van der Waals surface area contributed by atoms with Crippen LogP contribution in [0.4, 0.5) is 0 Å². The summed E-state index contributed by atoms with van der Waals surface area (Å²) in [6, 6.07) is 0. The molecule has 3 N–H and O–H groups in total. The minimum Gasteiger partial charge on any atom is -0.352 e. The molecule has 1 amide bonds. The molecule has 64 valence electrons. The molecule has 0 heterocycles. The molecule has 0 saturated heterocycles. The number of nitrogens with one attached hydrogen (secondary N) is 1. The number of carbonyl (C=O) groups is 1. The number of carbonyl (C=O) groups excluding carboxylic acids is 1. The van der Waals surface area contributed by atoms with Gasteiger partial charge < -0.3 is 11.1 Å². The van der Waals surface area contributed by atoms with Gasteiger partial charge in [0, 0.05) is 17.4 Å². The maximum Gasteiger partial charge on any atom is 0.220 e. The Balaban J connectivity index is 3.30. The van der Waals surface area contributed by atoms with E-state index < -0.39 is 0 Å². The van der Waals surface area contributed by atoms with E-state index >= 15 is 0 Å². The lowest BCUT2D eigenvalue weighted by Gasteiger charge is -2.01. The summed E-state index contributed by atoms with van der Waals surface area (Å²) in [5.74, 6) is 0.0241. The second-order valence-electron chi connectivity index (χ2n) is 2.19. The first-order valence-corrected chi connectivity index (χ1v) is 4.26. The fraction of sp³-hybridized carbons (Fsp3) is 0.571. The first kappa shape index (κ1) is 10.7. The number of rotatable bonds is 5. The fourth-order valence-corrected chi connectivity index (χ4v) is 0.686. The predicted octanol–water partition coefficient (Wildman–Crippen LogP) is 0.750. The minimum atomic E-state index is 0.0241. The van der Waals surface area contributed by atoms with Gasteiger partial charge in [0.1, 0.15) is 0 Å². The molecular weight excluding hydrogens is 208 g/mol. The molecule has 0 aromatic carbocycles. The molecule has 0 radical (unpaired) electrons. The molecule has 0 aliphatic rings. The fourth-order valence-electron chi connectivity index (χ4n) is 0.545. The summed E-state index contributed by atoms with van der Waals surface area (Å²) in [6.45, 7) is 4.63. The molecule has 0 atom stereocenters. The molecule has 0 rings (SSSR count). The van der Waals surface area contributed by atoms with Crippen molar-refractivity contribution in [3.8, 4) is 0 Å². The SMILES string of the molecule is C=C(Br)CNC(=O)CCCN. The molecule has 0 aliphatic heterocycles. The van der Waals surface area contributed by atoms with E-state index in [9.17, 15) is 4.79 Å². The van der Waals surface area contributed by atoms with Crippen molar-refractivity contribution in [3.05, 3.63) is 11.1 Å². The van der Waals surface area contributed by atoms with Gasteiger partial charge in [0.2, 0.25) is 5.91 Å². The second-order valence-corrected chi connectivity index (χ2v) is 3.31. The highest BCUT2D eigenvalue weighted by Crippen LogP contribution is 1.97. The van der Waals surface area contributed by atoms with E-state index in [1.54, 1.807) is 0 Å². The molecule has 0 spiro atoms. The number of amides is 1. The van der Waals surface area contributed by atoms with Gasteiger partial charge in [0.05, 0.1) is 0 Å². The van der Waals surface area contributed by atoms with Crippen LogP contribution in [-0.4, -0.2) is 19.0 Å². The summed E-state index contributed by atoms with van der Waals surface area (Å²) in [7, 11) is 0. The van der Waals surface area contributed by atoms with Crippen LogP contribution >= 0.6 is 15.9 Å². The van der Waals surface area contributed by atoms with Crippen LogP contribution in [0.25, 0.3) is 0 Å². The molecule has 0 aromatic heterocycles. The molecule has 0 saturated carbocycles. The van der Waals surface area contributed by atoms with Gasteiger partial charge in [-0.1, -0.05) is 22.5 Å². The van der Waals surface area contributed by atoms with Gasteiger partial charge in [0.25, 0.3) is 0 Å². The summed E-state index contributed by atoms with van der Waals surface area (Å²) in [5, 5.41) is 2.68. The van der Waals surface area contributed by atoms with Crippen LogP contribution in [0.2, 0.25) is 0 Å². The number of hydrogen-bond acceptors (Lipinski definition) is 2. The topological polar surface area (TPSA) is 55.1 Å². The lowest BCUT2D eigenvalue weighted by atomic mass is 10.3.